The summed E-state index contributed by atoms with van der Waals surface area (Å²) in [5.41, 5.74) is 2.73. The highest BCUT2D eigenvalue weighted by Crippen LogP contribution is 2.28. The van der Waals surface area contributed by atoms with Crippen molar-refractivity contribution in [2.45, 2.75) is 59.0 Å². The fourth-order valence-corrected chi connectivity index (χ4v) is 3.07. The maximum atomic E-state index is 4.32. The van der Waals surface area contributed by atoms with Crippen LogP contribution in [-0.4, -0.2) is 24.1 Å². The fraction of sp³-hybridized carbons (Fsp3) is 0.706. The van der Waals surface area contributed by atoms with Gasteiger partial charge in [0, 0.05) is 42.8 Å². The molecule has 0 saturated carbocycles. The summed E-state index contributed by atoms with van der Waals surface area (Å²) in [5, 5.41) is 3.55. The van der Waals surface area contributed by atoms with E-state index >= 15 is 0 Å². The Labute approximate surface area is 123 Å². The van der Waals surface area contributed by atoms with Crippen LogP contribution in [0.25, 0.3) is 0 Å². The third-order valence-corrected chi connectivity index (χ3v) is 4.15. The van der Waals surface area contributed by atoms with Crippen molar-refractivity contribution in [1.29, 1.82) is 0 Å². The Morgan fingerprint density at radius 1 is 1.40 bits per heavy atom. The first-order valence-corrected chi connectivity index (χ1v) is 8.12. The van der Waals surface area contributed by atoms with Crippen LogP contribution in [0, 0.1) is 5.92 Å². The molecule has 0 radical (unpaired) electrons. The standard InChI is InChI=1S/C17H29N3/c1-4-16-7-5-6-10-20(16)17-8-9-18-12-15(17)13-19-11-14(2)3/h8-9,12,14,16,19H,4-7,10-11,13H2,1-3H3. The van der Waals surface area contributed by atoms with Gasteiger partial charge in [0.25, 0.3) is 0 Å². The summed E-state index contributed by atoms with van der Waals surface area (Å²) in [5.74, 6) is 0.688. The molecule has 1 aromatic rings. The molecule has 2 rings (SSSR count). The van der Waals surface area contributed by atoms with Crippen LogP contribution in [0.15, 0.2) is 18.5 Å². The number of nitrogens with one attached hydrogen (secondary N) is 1. The van der Waals surface area contributed by atoms with Gasteiger partial charge >= 0.3 is 0 Å². The second-order valence-electron chi connectivity index (χ2n) is 6.28. The molecule has 0 aromatic carbocycles. The molecule has 1 aliphatic rings. The molecule has 112 valence electrons. The van der Waals surface area contributed by atoms with Gasteiger partial charge in [-0.15, -0.1) is 0 Å². The van der Waals surface area contributed by atoms with E-state index in [1.54, 1.807) is 0 Å². The van der Waals surface area contributed by atoms with Crippen LogP contribution in [0.4, 0.5) is 5.69 Å². The van der Waals surface area contributed by atoms with Gasteiger partial charge in [0.15, 0.2) is 0 Å². The number of rotatable bonds is 6. The van der Waals surface area contributed by atoms with E-state index in [-0.39, 0.29) is 0 Å². The number of aromatic nitrogens is 1. The monoisotopic (exact) mass is 275 g/mol. The molecule has 0 aliphatic carbocycles. The molecule has 0 bridgehead atoms. The van der Waals surface area contributed by atoms with E-state index in [0.29, 0.717) is 12.0 Å². The molecule has 1 N–H and O–H groups in total. The van der Waals surface area contributed by atoms with E-state index in [2.05, 4.69) is 42.0 Å². The fourth-order valence-electron chi connectivity index (χ4n) is 3.07. The Morgan fingerprint density at radius 3 is 3.00 bits per heavy atom. The predicted molar refractivity (Wildman–Crippen MR) is 86.1 cm³/mol. The van der Waals surface area contributed by atoms with Crippen molar-refractivity contribution in [3.8, 4) is 0 Å². The normalized spacial score (nSPS) is 19.6. The third-order valence-electron chi connectivity index (χ3n) is 4.15. The largest absolute Gasteiger partial charge is 0.368 e. The van der Waals surface area contributed by atoms with Gasteiger partial charge in [-0.25, -0.2) is 0 Å². The van der Waals surface area contributed by atoms with Crippen molar-refractivity contribution in [2.75, 3.05) is 18.0 Å². The van der Waals surface area contributed by atoms with Crippen molar-refractivity contribution >= 4 is 5.69 Å². The lowest BCUT2D eigenvalue weighted by Crippen LogP contribution is -2.40. The van der Waals surface area contributed by atoms with Crippen LogP contribution < -0.4 is 10.2 Å². The van der Waals surface area contributed by atoms with Gasteiger partial charge in [0.1, 0.15) is 0 Å². The Hall–Kier alpha value is -1.09. The first-order valence-electron chi connectivity index (χ1n) is 8.12. The van der Waals surface area contributed by atoms with Crippen LogP contribution in [0.3, 0.4) is 0 Å². The molecule has 3 nitrogen and oxygen atoms in total. The molecule has 1 aliphatic heterocycles. The van der Waals surface area contributed by atoms with E-state index in [1.165, 1.54) is 43.5 Å². The van der Waals surface area contributed by atoms with Gasteiger partial charge in [-0.3, -0.25) is 4.98 Å². The minimum Gasteiger partial charge on any atom is -0.368 e. The molecule has 1 fully saturated rings. The highest BCUT2D eigenvalue weighted by Gasteiger charge is 2.22. The summed E-state index contributed by atoms with van der Waals surface area (Å²) in [6.45, 7) is 9.98. The molecule has 0 spiro atoms. The van der Waals surface area contributed by atoms with Crippen molar-refractivity contribution in [1.82, 2.24) is 10.3 Å². The molecule has 1 saturated heterocycles. The summed E-state index contributed by atoms with van der Waals surface area (Å²) < 4.78 is 0. The van der Waals surface area contributed by atoms with Gasteiger partial charge < -0.3 is 10.2 Å². The number of piperidine rings is 1. The van der Waals surface area contributed by atoms with Crippen molar-refractivity contribution in [3.05, 3.63) is 24.0 Å². The molecular formula is C17H29N3. The molecule has 3 heteroatoms. The van der Waals surface area contributed by atoms with E-state index in [4.69, 9.17) is 0 Å². The first-order chi connectivity index (χ1) is 9.72. The summed E-state index contributed by atoms with van der Waals surface area (Å²) in [6, 6.07) is 2.90. The lowest BCUT2D eigenvalue weighted by molar-refractivity contribution is 0.448. The zero-order valence-electron chi connectivity index (χ0n) is 13.2. The minimum absolute atomic E-state index is 0.688. The summed E-state index contributed by atoms with van der Waals surface area (Å²) >= 11 is 0. The maximum Gasteiger partial charge on any atom is 0.0445 e. The lowest BCUT2D eigenvalue weighted by atomic mass is 9.98. The Bertz CT molecular complexity index is 403. The number of hydrogen-bond acceptors (Lipinski definition) is 3. The Morgan fingerprint density at radius 2 is 2.25 bits per heavy atom. The van der Waals surface area contributed by atoms with Crippen LogP contribution >= 0.6 is 0 Å². The quantitative estimate of drug-likeness (QED) is 0.860. The highest BCUT2D eigenvalue weighted by molar-refractivity contribution is 5.53. The van der Waals surface area contributed by atoms with Gasteiger partial charge in [-0.1, -0.05) is 20.8 Å². The lowest BCUT2D eigenvalue weighted by Gasteiger charge is -2.38. The van der Waals surface area contributed by atoms with Gasteiger partial charge in [-0.2, -0.15) is 0 Å². The SMILES string of the molecule is CCC1CCCCN1c1ccncc1CNCC(C)C. The van der Waals surface area contributed by atoms with Gasteiger partial charge in [0.05, 0.1) is 0 Å². The van der Waals surface area contributed by atoms with Crippen molar-refractivity contribution in [2.24, 2.45) is 5.92 Å². The average molecular weight is 275 g/mol. The molecular weight excluding hydrogens is 246 g/mol. The van der Waals surface area contributed by atoms with E-state index in [1.807, 2.05) is 12.4 Å². The smallest absolute Gasteiger partial charge is 0.0445 e. The van der Waals surface area contributed by atoms with Crippen LogP contribution in [0.2, 0.25) is 0 Å². The third kappa shape index (κ3) is 3.95. The second kappa shape index (κ2) is 7.63. The minimum atomic E-state index is 0.688. The Kier molecular flexibility index (Phi) is 5.84. The maximum absolute atomic E-state index is 4.32. The van der Waals surface area contributed by atoms with Gasteiger partial charge in [0.2, 0.25) is 0 Å². The number of pyridine rings is 1. The predicted octanol–water partition coefficient (Wildman–Crippen LogP) is 3.60. The zero-order chi connectivity index (χ0) is 14.4. The molecule has 1 atom stereocenters. The van der Waals surface area contributed by atoms with Crippen LogP contribution in [0.1, 0.15) is 52.0 Å². The summed E-state index contributed by atoms with van der Waals surface area (Å²) in [7, 11) is 0. The molecule has 0 amide bonds. The topological polar surface area (TPSA) is 28.2 Å². The van der Waals surface area contributed by atoms with Crippen LogP contribution in [-0.2, 0) is 6.54 Å². The molecule has 1 unspecified atom stereocenters. The van der Waals surface area contributed by atoms with Gasteiger partial charge in [-0.05, 0) is 44.2 Å². The highest BCUT2D eigenvalue weighted by atomic mass is 15.2. The first kappa shape index (κ1) is 15.3. The summed E-state index contributed by atoms with van der Waals surface area (Å²) in [6.07, 6.45) is 9.23. The second-order valence-corrected chi connectivity index (χ2v) is 6.28. The van der Waals surface area contributed by atoms with Crippen LogP contribution in [0.5, 0.6) is 0 Å². The summed E-state index contributed by atoms with van der Waals surface area (Å²) in [4.78, 5) is 6.93. The Balaban J connectivity index is 2.09. The molecule has 20 heavy (non-hydrogen) atoms. The van der Waals surface area contributed by atoms with Crippen molar-refractivity contribution in [3.63, 3.8) is 0 Å². The number of nitrogens with zero attached hydrogens (tertiary/aromatic N) is 2. The van der Waals surface area contributed by atoms with E-state index < -0.39 is 0 Å². The number of anilines is 1. The average Bonchev–Trinajstić information content (AvgIpc) is 2.47. The number of hydrogen-bond donors (Lipinski definition) is 1. The van der Waals surface area contributed by atoms with Crippen molar-refractivity contribution < 1.29 is 0 Å². The zero-order valence-corrected chi connectivity index (χ0v) is 13.2. The van der Waals surface area contributed by atoms with E-state index in [9.17, 15) is 0 Å². The molecule has 2 heterocycles. The van der Waals surface area contributed by atoms with E-state index in [0.717, 1.165) is 13.1 Å². The molecule has 1 aromatic heterocycles.